The summed E-state index contributed by atoms with van der Waals surface area (Å²) in [6.07, 6.45) is 4.92. The molecule has 1 atom stereocenters. The maximum absolute atomic E-state index is 16.0. The highest BCUT2D eigenvalue weighted by Crippen LogP contribution is 2.47. The monoisotopic (exact) mass is 634 g/mol. The molecule has 13 heteroatoms. The van der Waals surface area contributed by atoms with Crippen molar-refractivity contribution in [3.63, 3.8) is 0 Å². The van der Waals surface area contributed by atoms with Crippen LogP contribution in [0.4, 0.5) is 8.78 Å². The summed E-state index contributed by atoms with van der Waals surface area (Å²) in [5.74, 6) is -1.70. The van der Waals surface area contributed by atoms with Crippen molar-refractivity contribution in [3.8, 4) is 39.5 Å². The lowest BCUT2D eigenvalue weighted by atomic mass is 9.97. The number of aromatic nitrogens is 5. The average molecular weight is 635 g/mol. The molecule has 1 aliphatic rings. The van der Waals surface area contributed by atoms with Gasteiger partial charge in [-0.25, -0.2) is 13.8 Å². The van der Waals surface area contributed by atoms with Gasteiger partial charge in [-0.15, -0.1) is 11.3 Å². The summed E-state index contributed by atoms with van der Waals surface area (Å²) in [6, 6.07) is 5.68. The molecular weight excluding hydrogens is 602 g/mol. The third kappa shape index (κ3) is 5.86. The van der Waals surface area contributed by atoms with Crippen molar-refractivity contribution < 1.29 is 27.8 Å². The van der Waals surface area contributed by atoms with Gasteiger partial charge >= 0.3 is 0 Å². The quantitative estimate of drug-likeness (QED) is 0.139. The van der Waals surface area contributed by atoms with Crippen LogP contribution in [0, 0.1) is 11.6 Å². The molecule has 1 aliphatic heterocycles. The fourth-order valence-corrected chi connectivity index (χ4v) is 6.49. The first-order chi connectivity index (χ1) is 21.8. The highest BCUT2D eigenvalue weighted by Gasteiger charge is 2.30. The van der Waals surface area contributed by atoms with Gasteiger partial charge in [0.2, 0.25) is 5.91 Å². The zero-order valence-corrected chi connectivity index (χ0v) is 25.9. The SMILES string of the molecule is C=CC(=O)N1Cc2cc(-c3nc(-c4cnn(CCOC)c4)c4ccsc4c3-c3c(F)cc(F)cc3OCCOC)nn2C[C@H]1C. The number of carbonyl (C=O) groups excluding carboxylic acids is 1. The maximum Gasteiger partial charge on any atom is 0.246 e. The summed E-state index contributed by atoms with van der Waals surface area (Å²) in [5.41, 5.74) is 3.58. The molecule has 10 nitrogen and oxygen atoms in total. The number of hydrogen-bond acceptors (Lipinski definition) is 8. The van der Waals surface area contributed by atoms with E-state index in [1.165, 1.54) is 30.6 Å². The number of amides is 1. The molecule has 1 amide bonds. The molecule has 6 rings (SSSR count). The van der Waals surface area contributed by atoms with E-state index < -0.39 is 11.6 Å². The van der Waals surface area contributed by atoms with Crippen molar-refractivity contribution in [3.05, 3.63) is 72.0 Å². The Labute approximate surface area is 262 Å². The van der Waals surface area contributed by atoms with Gasteiger partial charge in [0.15, 0.2) is 0 Å². The minimum Gasteiger partial charge on any atom is -0.490 e. The average Bonchev–Trinajstić information content (AvgIpc) is 3.79. The number of carbonyl (C=O) groups is 1. The second-order valence-corrected chi connectivity index (χ2v) is 11.6. The van der Waals surface area contributed by atoms with Crippen molar-refractivity contribution >= 4 is 27.3 Å². The molecule has 1 aromatic carbocycles. The Morgan fingerprint density at radius 1 is 1.13 bits per heavy atom. The number of benzene rings is 1. The first-order valence-corrected chi connectivity index (χ1v) is 15.2. The fourth-order valence-electron chi connectivity index (χ4n) is 5.54. The van der Waals surface area contributed by atoms with E-state index in [4.69, 9.17) is 24.3 Å². The molecule has 5 aromatic rings. The van der Waals surface area contributed by atoms with Crippen LogP contribution in [0.3, 0.4) is 0 Å². The molecule has 0 unspecified atom stereocenters. The van der Waals surface area contributed by atoms with Crippen molar-refractivity contribution in [2.75, 3.05) is 34.0 Å². The molecule has 45 heavy (non-hydrogen) atoms. The number of hydrogen-bond donors (Lipinski definition) is 0. The number of methoxy groups -OCH3 is 2. The van der Waals surface area contributed by atoms with Gasteiger partial charge in [-0.05, 0) is 30.5 Å². The van der Waals surface area contributed by atoms with Crippen LogP contribution in [0.1, 0.15) is 12.6 Å². The Morgan fingerprint density at radius 3 is 2.73 bits per heavy atom. The van der Waals surface area contributed by atoms with Crippen LogP contribution in [0.2, 0.25) is 0 Å². The van der Waals surface area contributed by atoms with Crippen LogP contribution in [0.15, 0.2) is 54.7 Å². The molecule has 0 saturated heterocycles. The predicted molar refractivity (Wildman–Crippen MR) is 167 cm³/mol. The molecule has 0 radical (unpaired) electrons. The number of pyridine rings is 1. The summed E-state index contributed by atoms with van der Waals surface area (Å²) in [6.45, 7) is 7.74. The van der Waals surface area contributed by atoms with Gasteiger partial charge in [-0.1, -0.05) is 6.58 Å². The molecule has 0 bridgehead atoms. The van der Waals surface area contributed by atoms with Gasteiger partial charge in [-0.3, -0.25) is 14.2 Å². The number of fused-ring (bicyclic) bond motifs is 2. The largest absolute Gasteiger partial charge is 0.490 e. The number of nitrogens with zero attached hydrogens (tertiary/aromatic N) is 6. The van der Waals surface area contributed by atoms with E-state index in [0.29, 0.717) is 48.9 Å². The highest BCUT2D eigenvalue weighted by molar-refractivity contribution is 7.18. The Bertz CT molecular complexity index is 1880. The third-order valence-electron chi connectivity index (χ3n) is 7.72. The van der Waals surface area contributed by atoms with E-state index >= 15 is 4.39 Å². The molecule has 0 saturated carbocycles. The molecular formula is C32H32F2N6O4S. The van der Waals surface area contributed by atoms with Gasteiger partial charge in [0, 0.05) is 59.8 Å². The smallest absolute Gasteiger partial charge is 0.246 e. The molecule has 0 fully saturated rings. The number of thiophene rings is 1. The van der Waals surface area contributed by atoms with E-state index in [1.807, 2.05) is 35.3 Å². The summed E-state index contributed by atoms with van der Waals surface area (Å²) in [7, 11) is 3.15. The molecule has 234 valence electrons. The Morgan fingerprint density at radius 2 is 1.96 bits per heavy atom. The van der Waals surface area contributed by atoms with Crippen molar-refractivity contribution in [1.82, 2.24) is 29.4 Å². The lowest BCUT2D eigenvalue weighted by Crippen LogP contribution is -2.44. The van der Waals surface area contributed by atoms with E-state index in [0.717, 1.165) is 27.4 Å². The van der Waals surface area contributed by atoms with Crippen LogP contribution in [-0.2, 0) is 33.9 Å². The van der Waals surface area contributed by atoms with Gasteiger partial charge in [0.25, 0.3) is 0 Å². The fraction of sp³-hybridized carbons (Fsp3) is 0.312. The Kier molecular flexibility index (Phi) is 8.74. The lowest BCUT2D eigenvalue weighted by Gasteiger charge is -2.33. The molecule has 4 aromatic heterocycles. The number of halogens is 2. The predicted octanol–water partition coefficient (Wildman–Crippen LogP) is 5.56. The second kappa shape index (κ2) is 12.9. The normalized spacial score (nSPS) is 14.6. The summed E-state index contributed by atoms with van der Waals surface area (Å²) < 4.78 is 51.1. The molecule has 0 N–H and O–H groups in total. The highest BCUT2D eigenvalue weighted by atomic mass is 32.1. The van der Waals surface area contributed by atoms with E-state index in [2.05, 4.69) is 11.7 Å². The van der Waals surface area contributed by atoms with Crippen LogP contribution >= 0.6 is 11.3 Å². The Balaban J connectivity index is 1.59. The zero-order valence-electron chi connectivity index (χ0n) is 25.1. The molecule has 0 spiro atoms. The van der Waals surface area contributed by atoms with Crippen molar-refractivity contribution in [2.45, 2.75) is 32.6 Å². The zero-order chi connectivity index (χ0) is 31.7. The first kappa shape index (κ1) is 30.6. The second-order valence-electron chi connectivity index (χ2n) is 10.7. The number of ether oxygens (including phenoxy) is 3. The summed E-state index contributed by atoms with van der Waals surface area (Å²) in [4.78, 5) is 19.4. The standard InChI is InChI=1S/C32H32F2N6O4S/c1-5-27(41)39-18-22-14-25(37-40(22)16-19(39)2)31-29(28-24(34)12-21(33)13-26(28)44-10-9-43-4)32-23(6-11-45-32)30(36-31)20-15-35-38(17-20)7-8-42-3/h5-6,11-15,17,19H,1,7-10,16,18H2,2-4H3/t19-/m1/s1. The van der Waals surface area contributed by atoms with Gasteiger partial charge in [0.05, 0.1) is 56.0 Å². The Hall–Kier alpha value is -4.46. The third-order valence-corrected chi connectivity index (χ3v) is 8.65. The number of rotatable bonds is 11. The topological polar surface area (TPSA) is 96.5 Å². The van der Waals surface area contributed by atoms with Crippen LogP contribution in [0.5, 0.6) is 5.75 Å². The van der Waals surface area contributed by atoms with Crippen molar-refractivity contribution in [2.24, 2.45) is 0 Å². The first-order valence-electron chi connectivity index (χ1n) is 14.4. The molecule has 0 aliphatic carbocycles. The summed E-state index contributed by atoms with van der Waals surface area (Å²) in [5, 5.41) is 12.1. The van der Waals surface area contributed by atoms with Gasteiger partial charge in [-0.2, -0.15) is 10.2 Å². The molecule has 5 heterocycles. The minimum absolute atomic E-state index is 0.0304. The maximum atomic E-state index is 16.0. The van der Waals surface area contributed by atoms with E-state index in [1.54, 1.807) is 22.9 Å². The van der Waals surface area contributed by atoms with Crippen molar-refractivity contribution in [1.29, 1.82) is 0 Å². The lowest BCUT2D eigenvalue weighted by molar-refractivity contribution is -0.129. The van der Waals surface area contributed by atoms with E-state index in [9.17, 15) is 9.18 Å². The minimum atomic E-state index is -0.791. The van der Waals surface area contributed by atoms with E-state index in [-0.39, 0.29) is 36.5 Å². The van der Waals surface area contributed by atoms with Crippen LogP contribution in [0.25, 0.3) is 43.9 Å². The van der Waals surface area contributed by atoms with Gasteiger partial charge < -0.3 is 19.1 Å². The van der Waals surface area contributed by atoms with Crippen LogP contribution in [-0.4, -0.2) is 75.4 Å². The van der Waals surface area contributed by atoms with Crippen LogP contribution < -0.4 is 4.74 Å². The summed E-state index contributed by atoms with van der Waals surface area (Å²) >= 11 is 1.41. The van der Waals surface area contributed by atoms with Gasteiger partial charge in [0.1, 0.15) is 35.4 Å².